The Labute approximate surface area is 145 Å². The minimum Gasteiger partial charge on any atom is -0.478 e. The van der Waals surface area contributed by atoms with Crippen molar-refractivity contribution in [3.8, 4) is 0 Å². The molecule has 0 atom stereocenters. The van der Waals surface area contributed by atoms with Gasteiger partial charge in [-0.3, -0.25) is 9.59 Å². The third kappa shape index (κ3) is 5.03. The minimum absolute atomic E-state index is 0.000818. The van der Waals surface area contributed by atoms with Crippen LogP contribution >= 0.6 is 15.9 Å². The molecule has 0 saturated carbocycles. The van der Waals surface area contributed by atoms with Crippen molar-refractivity contribution in [1.82, 2.24) is 5.43 Å². The molecule has 8 heteroatoms. The first-order chi connectivity index (χ1) is 11.5. The molecule has 0 unspecified atom stereocenters. The monoisotopic (exact) mass is 389 g/mol. The summed E-state index contributed by atoms with van der Waals surface area (Å²) in [6.07, 6.45) is 1.39. The molecule has 2 amide bonds. The van der Waals surface area contributed by atoms with Gasteiger partial charge in [-0.2, -0.15) is 5.10 Å². The van der Waals surface area contributed by atoms with Gasteiger partial charge in [0.2, 0.25) is 0 Å². The van der Waals surface area contributed by atoms with Crippen molar-refractivity contribution in [2.45, 2.75) is 0 Å². The number of nitrogens with one attached hydrogen (secondary N) is 2. The highest BCUT2D eigenvalue weighted by atomic mass is 79.9. The highest BCUT2D eigenvalue weighted by Crippen LogP contribution is 2.11. The molecule has 0 saturated heterocycles. The molecule has 0 aliphatic rings. The second-order valence-electron chi connectivity index (χ2n) is 4.59. The molecule has 0 radical (unpaired) electrons. The van der Waals surface area contributed by atoms with Crippen LogP contribution in [0.25, 0.3) is 0 Å². The summed E-state index contributed by atoms with van der Waals surface area (Å²) in [6.45, 7) is 0. The van der Waals surface area contributed by atoms with Gasteiger partial charge in [-0.1, -0.05) is 34.1 Å². The van der Waals surface area contributed by atoms with Crippen molar-refractivity contribution in [3.63, 3.8) is 0 Å². The van der Waals surface area contributed by atoms with Crippen LogP contribution in [0.1, 0.15) is 15.9 Å². The van der Waals surface area contributed by atoms with Crippen LogP contribution in [0.3, 0.4) is 0 Å². The molecule has 0 fully saturated rings. The number of nitrogens with zero attached hydrogens (tertiary/aromatic N) is 1. The van der Waals surface area contributed by atoms with Gasteiger partial charge in [0.1, 0.15) is 0 Å². The van der Waals surface area contributed by atoms with Crippen LogP contribution in [-0.4, -0.2) is 29.1 Å². The van der Waals surface area contributed by atoms with E-state index < -0.39 is 17.8 Å². The fourth-order valence-electron chi connectivity index (χ4n) is 1.72. The molecular weight excluding hydrogens is 378 g/mol. The van der Waals surface area contributed by atoms with Gasteiger partial charge in [-0.25, -0.2) is 10.2 Å². The number of hydrogen-bond acceptors (Lipinski definition) is 4. The van der Waals surface area contributed by atoms with Crippen LogP contribution in [0.5, 0.6) is 0 Å². The number of amides is 2. The van der Waals surface area contributed by atoms with Gasteiger partial charge in [-0.05, 0) is 35.9 Å². The topological polar surface area (TPSA) is 108 Å². The predicted octanol–water partition coefficient (Wildman–Crippen LogP) is 2.24. The second kappa shape index (κ2) is 8.02. The van der Waals surface area contributed by atoms with E-state index >= 15 is 0 Å². The van der Waals surface area contributed by atoms with Crippen molar-refractivity contribution in [2.75, 3.05) is 5.32 Å². The maximum atomic E-state index is 11.7. The number of hydrogen-bond donors (Lipinski definition) is 3. The Morgan fingerprint density at radius 2 is 1.79 bits per heavy atom. The second-order valence-corrected chi connectivity index (χ2v) is 5.51. The largest absolute Gasteiger partial charge is 0.478 e. The van der Waals surface area contributed by atoms with Crippen molar-refractivity contribution in [2.24, 2.45) is 5.10 Å². The third-order valence-electron chi connectivity index (χ3n) is 2.80. The Kier molecular flexibility index (Phi) is 5.80. The molecule has 0 aliphatic carbocycles. The zero-order valence-corrected chi connectivity index (χ0v) is 13.8. The van der Waals surface area contributed by atoms with Crippen LogP contribution in [0.2, 0.25) is 0 Å². The first-order valence-electron chi connectivity index (χ1n) is 6.69. The maximum Gasteiger partial charge on any atom is 0.335 e. The zero-order chi connectivity index (χ0) is 17.5. The van der Waals surface area contributed by atoms with Crippen LogP contribution in [0.15, 0.2) is 58.1 Å². The summed E-state index contributed by atoms with van der Waals surface area (Å²) in [5.41, 5.74) is 3.03. The predicted molar refractivity (Wildman–Crippen MR) is 91.9 cm³/mol. The molecule has 2 rings (SSSR count). The van der Waals surface area contributed by atoms with Gasteiger partial charge in [-0.15, -0.1) is 0 Å². The number of halogens is 1. The number of anilines is 1. The molecule has 122 valence electrons. The number of aromatic carboxylic acids is 1. The van der Waals surface area contributed by atoms with E-state index in [0.29, 0.717) is 0 Å². The third-order valence-corrected chi connectivity index (χ3v) is 3.30. The fraction of sp³-hybridized carbons (Fsp3) is 0. The highest BCUT2D eigenvalue weighted by Gasteiger charge is 2.13. The van der Waals surface area contributed by atoms with Gasteiger partial charge in [0.15, 0.2) is 0 Å². The summed E-state index contributed by atoms with van der Waals surface area (Å²) in [7, 11) is 0. The zero-order valence-electron chi connectivity index (χ0n) is 12.2. The number of rotatable bonds is 4. The standard InChI is InChI=1S/C16H12BrN3O4/c17-12-5-1-3-10(7-12)9-18-20-15(22)14(21)19-13-6-2-4-11(8-13)16(23)24/h1-9H,(H,19,21)(H,20,22)(H,23,24). The number of carbonyl (C=O) groups excluding carboxylic acids is 2. The van der Waals surface area contributed by atoms with Crippen molar-refractivity contribution < 1.29 is 19.5 Å². The van der Waals surface area contributed by atoms with E-state index in [-0.39, 0.29) is 11.3 Å². The Balaban J connectivity index is 1.94. The Morgan fingerprint density at radius 1 is 1.04 bits per heavy atom. The average Bonchev–Trinajstić information content (AvgIpc) is 2.55. The Bertz CT molecular complexity index is 820. The lowest BCUT2D eigenvalue weighted by Gasteiger charge is -2.04. The minimum atomic E-state index is -1.13. The maximum absolute atomic E-state index is 11.7. The molecule has 0 heterocycles. The van der Waals surface area contributed by atoms with E-state index in [2.05, 4.69) is 31.8 Å². The lowest BCUT2D eigenvalue weighted by molar-refractivity contribution is -0.136. The average molecular weight is 390 g/mol. The highest BCUT2D eigenvalue weighted by molar-refractivity contribution is 9.10. The molecule has 24 heavy (non-hydrogen) atoms. The van der Waals surface area contributed by atoms with Gasteiger partial charge in [0.25, 0.3) is 0 Å². The number of carboxylic acids is 1. The molecule has 7 nitrogen and oxygen atoms in total. The van der Waals surface area contributed by atoms with Gasteiger partial charge >= 0.3 is 17.8 Å². The summed E-state index contributed by atoms with van der Waals surface area (Å²) < 4.78 is 0.855. The number of carboxylic acid groups (broad SMARTS) is 1. The number of benzene rings is 2. The van der Waals surface area contributed by atoms with E-state index in [0.717, 1.165) is 10.0 Å². The van der Waals surface area contributed by atoms with Crippen LogP contribution in [0.4, 0.5) is 5.69 Å². The van der Waals surface area contributed by atoms with Crippen molar-refractivity contribution >= 4 is 45.6 Å². The van der Waals surface area contributed by atoms with Gasteiger partial charge < -0.3 is 10.4 Å². The molecular formula is C16H12BrN3O4. The normalized spacial score (nSPS) is 10.4. The number of carbonyl (C=O) groups is 3. The first kappa shape index (κ1) is 17.4. The van der Waals surface area contributed by atoms with Crippen LogP contribution in [0, 0.1) is 0 Å². The Hall–Kier alpha value is -3.00. The smallest absolute Gasteiger partial charge is 0.335 e. The van der Waals surface area contributed by atoms with Crippen molar-refractivity contribution in [1.29, 1.82) is 0 Å². The fourth-order valence-corrected chi connectivity index (χ4v) is 2.14. The lowest BCUT2D eigenvalue weighted by atomic mass is 10.2. The summed E-state index contributed by atoms with van der Waals surface area (Å²) in [6, 6.07) is 12.8. The van der Waals surface area contributed by atoms with E-state index in [1.54, 1.807) is 18.2 Å². The summed E-state index contributed by atoms with van der Waals surface area (Å²) in [4.78, 5) is 34.3. The van der Waals surface area contributed by atoms with Crippen molar-refractivity contribution in [3.05, 3.63) is 64.1 Å². The van der Waals surface area contributed by atoms with Crippen LogP contribution in [-0.2, 0) is 9.59 Å². The van der Waals surface area contributed by atoms with Crippen LogP contribution < -0.4 is 10.7 Å². The first-order valence-corrected chi connectivity index (χ1v) is 7.48. The van der Waals surface area contributed by atoms with E-state index in [1.807, 2.05) is 6.07 Å². The molecule has 0 spiro atoms. The molecule has 2 aromatic rings. The molecule has 3 N–H and O–H groups in total. The lowest BCUT2D eigenvalue weighted by Crippen LogP contribution is -2.32. The quantitative estimate of drug-likeness (QED) is 0.423. The molecule has 0 aromatic heterocycles. The van der Waals surface area contributed by atoms with E-state index in [4.69, 9.17) is 5.11 Å². The molecule has 2 aromatic carbocycles. The summed E-state index contributed by atoms with van der Waals surface area (Å²) >= 11 is 3.30. The van der Waals surface area contributed by atoms with E-state index in [9.17, 15) is 14.4 Å². The SMILES string of the molecule is O=C(NN=Cc1cccc(Br)c1)C(=O)Nc1cccc(C(=O)O)c1. The Morgan fingerprint density at radius 3 is 2.50 bits per heavy atom. The molecule has 0 bridgehead atoms. The summed E-state index contributed by atoms with van der Waals surface area (Å²) in [5.74, 6) is -3.06. The number of hydrazone groups is 1. The van der Waals surface area contributed by atoms with Gasteiger partial charge in [0, 0.05) is 10.2 Å². The molecule has 0 aliphatic heterocycles. The van der Waals surface area contributed by atoms with E-state index in [1.165, 1.54) is 30.5 Å². The van der Waals surface area contributed by atoms with Gasteiger partial charge in [0.05, 0.1) is 11.8 Å². The summed E-state index contributed by atoms with van der Waals surface area (Å²) in [5, 5.41) is 14.9.